The Labute approximate surface area is 135 Å². The van der Waals surface area contributed by atoms with Crippen molar-refractivity contribution in [1.29, 1.82) is 0 Å². The molecule has 1 amide bonds. The summed E-state index contributed by atoms with van der Waals surface area (Å²) in [6.45, 7) is 3.53. The van der Waals surface area contributed by atoms with Crippen LogP contribution < -0.4 is 9.91 Å². The van der Waals surface area contributed by atoms with Crippen molar-refractivity contribution < 1.29 is 4.79 Å². The molecule has 23 heavy (non-hydrogen) atoms. The van der Waals surface area contributed by atoms with Gasteiger partial charge in [-0.05, 0) is 31.5 Å². The highest BCUT2D eigenvalue weighted by atomic mass is 16.3. The van der Waals surface area contributed by atoms with Gasteiger partial charge >= 0.3 is 0 Å². The molecular weight excluding hydrogens is 290 g/mol. The van der Waals surface area contributed by atoms with Crippen LogP contribution in [0.25, 0.3) is 0 Å². The monoisotopic (exact) mass is 309 g/mol. The number of fused-ring (bicyclic) bond motifs is 1. The maximum absolute atomic E-state index is 12.3. The highest BCUT2D eigenvalue weighted by Gasteiger charge is 2.35. The standard InChI is InChI=1S/C18H19N3O2/c1-13-12-18(16-10-6-7-11-17(16)21(13)19-23)20(14(2)22)15-8-4-3-5-9-15/h3-11,13,18H,12H2,1-2H3/t13-,18-/m1/s1. The Morgan fingerprint density at radius 3 is 2.43 bits per heavy atom. The van der Waals surface area contributed by atoms with Crippen molar-refractivity contribution in [3.8, 4) is 0 Å². The van der Waals surface area contributed by atoms with Gasteiger partial charge in [0.2, 0.25) is 5.91 Å². The van der Waals surface area contributed by atoms with Gasteiger partial charge < -0.3 is 4.90 Å². The number of nitrogens with zero attached hydrogens (tertiary/aromatic N) is 3. The fraction of sp³-hybridized carbons (Fsp3) is 0.278. The van der Waals surface area contributed by atoms with Crippen LogP contribution in [0, 0.1) is 4.91 Å². The normalized spacial score (nSPS) is 19.8. The predicted molar refractivity (Wildman–Crippen MR) is 91.1 cm³/mol. The van der Waals surface area contributed by atoms with Gasteiger partial charge in [0.05, 0.1) is 23.1 Å². The Morgan fingerprint density at radius 2 is 1.78 bits per heavy atom. The number of carbonyl (C=O) groups is 1. The van der Waals surface area contributed by atoms with E-state index in [1.807, 2.05) is 61.5 Å². The first kappa shape index (κ1) is 15.2. The van der Waals surface area contributed by atoms with E-state index in [9.17, 15) is 9.70 Å². The first-order valence-electron chi connectivity index (χ1n) is 7.69. The number of hydrogen-bond donors (Lipinski definition) is 0. The van der Waals surface area contributed by atoms with E-state index >= 15 is 0 Å². The zero-order valence-electron chi connectivity index (χ0n) is 13.2. The average molecular weight is 309 g/mol. The second kappa shape index (κ2) is 6.20. The summed E-state index contributed by atoms with van der Waals surface area (Å²) in [6.07, 6.45) is 0.650. The van der Waals surface area contributed by atoms with E-state index in [-0.39, 0.29) is 18.0 Å². The molecule has 1 aliphatic rings. The molecule has 0 saturated heterocycles. The number of hydrogen-bond acceptors (Lipinski definition) is 3. The van der Waals surface area contributed by atoms with Crippen LogP contribution in [0.3, 0.4) is 0 Å². The molecule has 2 aromatic carbocycles. The lowest BCUT2D eigenvalue weighted by molar-refractivity contribution is -0.117. The van der Waals surface area contributed by atoms with Gasteiger partial charge in [0.15, 0.2) is 0 Å². The number of carbonyl (C=O) groups excluding carboxylic acids is 1. The minimum atomic E-state index is -0.112. The van der Waals surface area contributed by atoms with Crippen LogP contribution in [0.4, 0.5) is 11.4 Å². The zero-order valence-corrected chi connectivity index (χ0v) is 13.2. The molecule has 0 aromatic heterocycles. The molecule has 0 aliphatic carbocycles. The number of amides is 1. The third-order valence-corrected chi connectivity index (χ3v) is 4.30. The maximum atomic E-state index is 12.3. The summed E-state index contributed by atoms with van der Waals surface area (Å²) in [7, 11) is 0. The minimum absolute atomic E-state index is 0.0179. The molecule has 0 radical (unpaired) electrons. The van der Waals surface area contributed by atoms with E-state index < -0.39 is 0 Å². The fourth-order valence-corrected chi connectivity index (χ4v) is 3.30. The average Bonchev–Trinajstić information content (AvgIpc) is 2.56. The third-order valence-electron chi connectivity index (χ3n) is 4.30. The molecule has 5 heteroatoms. The van der Waals surface area contributed by atoms with Crippen LogP contribution >= 0.6 is 0 Å². The number of anilines is 2. The zero-order chi connectivity index (χ0) is 16.4. The van der Waals surface area contributed by atoms with E-state index in [0.717, 1.165) is 16.9 Å². The van der Waals surface area contributed by atoms with Crippen molar-refractivity contribution >= 4 is 17.3 Å². The van der Waals surface area contributed by atoms with E-state index in [1.54, 1.807) is 11.8 Å². The van der Waals surface area contributed by atoms with Crippen molar-refractivity contribution in [3.05, 3.63) is 65.1 Å². The van der Waals surface area contributed by atoms with Gasteiger partial charge in [0.1, 0.15) is 0 Å². The summed E-state index contributed by atoms with van der Waals surface area (Å²) in [5.74, 6) is -0.0179. The van der Waals surface area contributed by atoms with Crippen molar-refractivity contribution in [2.24, 2.45) is 5.29 Å². The quantitative estimate of drug-likeness (QED) is 0.803. The molecule has 0 N–H and O–H groups in total. The summed E-state index contributed by atoms with van der Waals surface area (Å²) in [5.41, 5.74) is 2.58. The van der Waals surface area contributed by atoms with Crippen molar-refractivity contribution in [2.75, 3.05) is 9.91 Å². The number of para-hydroxylation sites is 2. The molecule has 0 saturated carbocycles. The summed E-state index contributed by atoms with van der Waals surface area (Å²) in [6, 6.07) is 17.1. The van der Waals surface area contributed by atoms with E-state index in [1.165, 1.54) is 5.01 Å². The molecular formula is C18H19N3O2. The predicted octanol–water partition coefficient (Wildman–Crippen LogP) is 4.06. The third kappa shape index (κ3) is 2.70. The van der Waals surface area contributed by atoms with Gasteiger partial charge in [-0.25, -0.2) is 5.01 Å². The number of rotatable bonds is 3. The van der Waals surface area contributed by atoms with Crippen LogP contribution in [0.2, 0.25) is 0 Å². The van der Waals surface area contributed by atoms with Crippen molar-refractivity contribution in [1.82, 2.24) is 0 Å². The first-order valence-corrected chi connectivity index (χ1v) is 7.69. The second-order valence-corrected chi connectivity index (χ2v) is 5.81. The van der Waals surface area contributed by atoms with Crippen LogP contribution in [0.5, 0.6) is 0 Å². The lowest BCUT2D eigenvalue weighted by atomic mass is 9.91. The number of benzene rings is 2. The molecule has 3 rings (SSSR count). The SMILES string of the molecule is CC(=O)N(c1ccccc1)[C@@H]1C[C@@H](C)N(N=O)c2ccccc21. The van der Waals surface area contributed by atoms with Gasteiger partial charge in [-0.1, -0.05) is 36.4 Å². The van der Waals surface area contributed by atoms with Crippen LogP contribution in [0.15, 0.2) is 59.9 Å². The molecule has 2 atom stereocenters. The van der Waals surface area contributed by atoms with Gasteiger partial charge in [-0.15, -0.1) is 4.91 Å². The minimum Gasteiger partial charge on any atom is -0.305 e. The summed E-state index contributed by atoms with van der Waals surface area (Å²) < 4.78 is 0. The Balaban J connectivity index is 2.11. The van der Waals surface area contributed by atoms with E-state index in [2.05, 4.69) is 5.29 Å². The molecule has 0 unspecified atom stereocenters. The van der Waals surface area contributed by atoms with Crippen LogP contribution in [-0.4, -0.2) is 11.9 Å². The lowest BCUT2D eigenvalue weighted by Crippen LogP contribution is -2.42. The highest BCUT2D eigenvalue weighted by molar-refractivity contribution is 5.92. The summed E-state index contributed by atoms with van der Waals surface area (Å²) in [5, 5.41) is 4.66. The summed E-state index contributed by atoms with van der Waals surface area (Å²) in [4.78, 5) is 25.4. The molecule has 1 aliphatic heterocycles. The summed E-state index contributed by atoms with van der Waals surface area (Å²) >= 11 is 0. The largest absolute Gasteiger partial charge is 0.305 e. The lowest BCUT2D eigenvalue weighted by Gasteiger charge is -2.40. The van der Waals surface area contributed by atoms with Gasteiger partial charge in [-0.3, -0.25) is 4.79 Å². The fourth-order valence-electron chi connectivity index (χ4n) is 3.30. The first-order chi connectivity index (χ1) is 11.1. The Bertz CT molecular complexity index is 717. The van der Waals surface area contributed by atoms with E-state index in [4.69, 9.17) is 0 Å². The van der Waals surface area contributed by atoms with Gasteiger partial charge in [0, 0.05) is 18.2 Å². The Morgan fingerprint density at radius 1 is 1.13 bits per heavy atom. The molecule has 5 nitrogen and oxygen atoms in total. The number of nitroso groups, excluding NO2 is 1. The smallest absolute Gasteiger partial charge is 0.224 e. The van der Waals surface area contributed by atoms with Crippen LogP contribution in [0.1, 0.15) is 31.9 Å². The van der Waals surface area contributed by atoms with Crippen molar-refractivity contribution in [3.63, 3.8) is 0 Å². The maximum Gasteiger partial charge on any atom is 0.224 e. The molecule has 0 spiro atoms. The highest BCUT2D eigenvalue weighted by Crippen LogP contribution is 2.42. The van der Waals surface area contributed by atoms with Gasteiger partial charge in [-0.2, -0.15) is 0 Å². The Hall–Kier alpha value is -2.69. The van der Waals surface area contributed by atoms with E-state index in [0.29, 0.717) is 6.42 Å². The second-order valence-electron chi connectivity index (χ2n) is 5.81. The van der Waals surface area contributed by atoms with Gasteiger partial charge in [0.25, 0.3) is 0 Å². The topological polar surface area (TPSA) is 53.0 Å². The molecule has 0 bridgehead atoms. The van der Waals surface area contributed by atoms with Crippen molar-refractivity contribution in [2.45, 2.75) is 32.4 Å². The Kier molecular flexibility index (Phi) is 4.10. The molecule has 118 valence electrons. The molecule has 2 aromatic rings. The molecule has 0 fully saturated rings. The van der Waals surface area contributed by atoms with Crippen LogP contribution in [-0.2, 0) is 4.79 Å². The molecule has 1 heterocycles.